The van der Waals surface area contributed by atoms with E-state index >= 15 is 0 Å². The number of hydrogen-bond acceptors (Lipinski definition) is 5. The van der Waals surface area contributed by atoms with Crippen LogP contribution in [0.4, 0.5) is 4.39 Å². The number of benzene rings is 1. The largest absolute Gasteiger partial charge is 0.478 e. The molecule has 9 nitrogen and oxygen atoms in total. The van der Waals surface area contributed by atoms with Crippen molar-refractivity contribution in [3.63, 3.8) is 0 Å². The quantitative estimate of drug-likeness (QED) is 0.493. The monoisotopic (exact) mass is 450 g/mol. The summed E-state index contributed by atoms with van der Waals surface area (Å²) in [4.78, 5) is 30.8. The van der Waals surface area contributed by atoms with Gasteiger partial charge in [-0.1, -0.05) is 17.7 Å². The molecule has 156 valence electrons. The SMILES string of the molecule is Cc1nn([C@@H](C)c2ccc(F)cc2Cl)c2c(=O)[nH]c(-n3cc(C(=O)O)cn3)nc12.S. The summed E-state index contributed by atoms with van der Waals surface area (Å²) in [5.41, 5.74) is 1.11. The Morgan fingerprint density at radius 2 is 2.10 bits per heavy atom. The number of nitrogens with zero attached hydrogens (tertiary/aromatic N) is 5. The third-order valence-corrected chi connectivity index (χ3v) is 4.87. The highest BCUT2D eigenvalue weighted by molar-refractivity contribution is 7.59. The van der Waals surface area contributed by atoms with E-state index in [2.05, 4.69) is 20.2 Å². The molecule has 3 heterocycles. The van der Waals surface area contributed by atoms with Crippen LogP contribution in [0, 0.1) is 12.7 Å². The number of aromatic carboxylic acids is 1. The van der Waals surface area contributed by atoms with Gasteiger partial charge in [-0.25, -0.2) is 18.9 Å². The van der Waals surface area contributed by atoms with Gasteiger partial charge in [-0.05, 0) is 31.5 Å². The fourth-order valence-electron chi connectivity index (χ4n) is 3.09. The summed E-state index contributed by atoms with van der Waals surface area (Å²) in [6.45, 7) is 3.48. The average Bonchev–Trinajstić information content (AvgIpc) is 3.27. The molecule has 1 atom stereocenters. The Hall–Kier alpha value is -3.18. The standard InChI is InChI=1S/C18H14ClFN6O3.H2S/c1-8-14-15(26(24-8)9(2)12-4-3-11(20)5-13(12)19)16(27)23-18(22-14)25-7-10(6-21-25)17(28)29;/h3-7,9H,1-2H3,(H,28,29)(H,22,23,27);1H2/t9-;/m0./s1. The highest BCUT2D eigenvalue weighted by Crippen LogP contribution is 2.28. The van der Waals surface area contributed by atoms with Crippen LogP contribution in [0.15, 0.2) is 35.4 Å². The third-order valence-electron chi connectivity index (χ3n) is 4.54. The first-order chi connectivity index (χ1) is 13.8. The Bertz CT molecular complexity index is 1330. The first-order valence-electron chi connectivity index (χ1n) is 8.48. The summed E-state index contributed by atoms with van der Waals surface area (Å²) in [7, 11) is 0. The Morgan fingerprint density at radius 3 is 2.73 bits per heavy atom. The molecule has 4 aromatic rings. The van der Waals surface area contributed by atoms with Gasteiger partial charge in [-0.2, -0.15) is 23.7 Å². The van der Waals surface area contributed by atoms with E-state index < -0.39 is 23.4 Å². The lowest BCUT2D eigenvalue weighted by Crippen LogP contribution is -2.19. The summed E-state index contributed by atoms with van der Waals surface area (Å²) >= 11 is 6.16. The van der Waals surface area contributed by atoms with Gasteiger partial charge in [0.05, 0.1) is 23.5 Å². The molecular weight excluding hydrogens is 435 g/mol. The van der Waals surface area contributed by atoms with Crippen molar-refractivity contribution in [3.05, 3.63) is 68.6 Å². The lowest BCUT2D eigenvalue weighted by atomic mass is 10.1. The molecule has 0 amide bonds. The Morgan fingerprint density at radius 1 is 1.37 bits per heavy atom. The number of carbonyl (C=O) groups is 1. The Labute approximate surface area is 180 Å². The van der Waals surface area contributed by atoms with Gasteiger partial charge in [0.15, 0.2) is 5.52 Å². The van der Waals surface area contributed by atoms with Gasteiger partial charge >= 0.3 is 5.97 Å². The van der Waals surface area contributed by atoms with Crippen LogP contribution in [0.1, 0.15) is 34.6 Å². The van der Waals surface area contributed by atoms with Crippen molar-refractivity contribution in [1.29, 1.82) is 0 Å². The molecule has 3 aromatic heterocycles. The molecule has 2 N–H and O–H groups in total. The van der Waals surface area contributed by atoms with Gasteiger partial charge in [-0.15, -0.1) is 0 Å². The minimum absolute atomic E-state index is 0. The number of fused-ring (bicyclic) bond motifs is 1. The van der Waals surface area contributed by atoms with E-state index in [4.69, 9.17) is 16.7 Å². The number of rotatable bonds is 4. The van der Waals surface area contributed by atoms with Crippen LogP contribution in [-0.4, -0.2) is 40.6 Å². The van der Waals surface area contributed by atoms with E-state index in [0.717, 1.165) is 6.20 Å². The van der Waals surface area contributed by atoms with Gasteiger partial charge in [0.25, 0.3) is 5.56 Å². The maximum absolute atomic E-state index is 13.4. The molecule has 0 aliphatic carbocycles. The number of carboxylic acids is 1. The van der Waals surface area contributed by atoms with Crippen LogP contribution in [-0.2, 0) is 0 Å². The zero-order valence-electron chi connectivity index (χ0n) is 15.7. The minimum Gasteiger partial charge on any atom is -0.478 e. The molecule has 12 heteroatoms. The van der Waals surface area contributed by atoms with Crippen molar-refractivity contribution in [1.82, 2.24) is 29.5 Å². The third kappa shape index (κ3) is 3.57. The molecule has 30 heavy (non-hydrogen) atoms. The van der Waals surface area contributed by atoms with E-state index in [1.807, 2.05) is 0 Å². The summed E-state index contributed by atoms with van der Waals surface area (Å²) in [6, 6.07) is 3.56. The van der Waals surface area contributed by atoms with E-state index in [1.165, 1.54) is 27.7 Å². The van der Waals surface area contributed by atoms with Gasteiger partial charge < -0.3 is 5.11 Å². The van der Waals surface area contributed by atoms with Crippen molar-refractivity contribution in [3.8, 4) is 5.95 Å². The first-order valence-corrected chi connectivity index (χ1v) is 8.86. The number of nitrogens with one attached hydrogen (secondary N) is 1. The van der Waals surface area contributed by atoms with Gasteiger partial charge in [0, 0.05) is 11.2 Å². The average molecular weight is 451 g/mol. The molecule has 0 saturated carbocycles. The molecule has 0 aliphatic rings. The van der Waals surface area contributed by atoms with Gasteiger partial charge in [0.1, 0.15) is 11.3 Å². The second kappa shape index (κ2) is 7.92. The summed E-state index contributed by atoms with van der Waals surface area (Å²) in [5, 5.41) is 17.6. The van der Waals surface area contributed by atoms with Crippen LogP contribution in [0.3, 0.4) is 0 Å². The molecule has 1 aromatic carbocycles. The highest BCUT2D eigenvalue weighted by Gasteiger charge is 2.21. The number of halogens is 2. The molecule has 0 saturated heterocycles. The smallest absolute Gasteiger partial charge is 0.338 e. The summed E-state index contributed by atoms with van der Waals surface area (Å²) < 4.78 is 16.0. The summed E-state index contributed by atoms with van der Waals surface area (Å²) in [6.07, 6.45) is 2.40. The normalized spacial score (nSPS) is 12.0. The summed E-state index contributed by atoms with van der Waals surface area (Å²) in [5.74, 6) is -1.55. The highest BCUT2D eigenvalue weighted by atomic mass is 35.5. The van der Waals surface area contributed by atoms with Crippen LogP contribution in [0.5, 0.6) is 0 Å². The predicted octanol–water partition coefficient (Wildman–Crippen LogP) is 2.83. The van der Waals surface area contributed by atoms with Crippen LogP contribution in [0.2, 0.25) is 5.02 Å². The van der Waals surface area contributed by atoms with E-state index in [9.17, 15) is 14.0 Å². The number of aromatic nitrogens is 6. The molecule has 0 fully saturated rings. The first kappa shape index (κ1) is 21.5. The topological polar surface area (TPSA) is 119 Å². The predicted molar refractivity (Wildman–Crippen MR) is 113 cm³/mol. The lowest BCUT2D eigenvalue weighted by molar-refractivity contribution is 0.0697. The van der Waals surface area contributed by atoms with Gasteiger partial charge in [-0.3, -0.25) is 14.5 Å². The van der Waals surface area contributed by atoms with E-state index in [0.29, 0.717) is 16.8 Å². The van der Waals surface area contributed by atoms with Crippen molar-refractivity contribution >= 4 is 42.1 Å². The maximum atomic E-state index is 13.4. The molecule has 0 unspecified atom stereocenters. The van der Waals surface area contributed by atoms with Crippen molar-refractivity contribution in [2.45, 2.75) is 19.9 Å². The fraction of sp³-hybridized carbons (Fsp3) is 0.167. The van der Waals surface area contributed by atoms with Crippen molar-refractivity contribution < 1.29 is 14.3 Å². The van der Waals surface area contributed by atoms with Crippen molar-refractivity contribution in [2.24, 2.45) is 0 Å². The fourth-order valence-corrected chi connectivity index (χ4v) is 3.41. The number of hydrogen-bond donors (Lipinski definition) is 2. The van der Waals surface area contributed by atoms with E-state index in [1.54, 1.807) is 19.9 Å². The molecule has 4 rings (SSSR count). The number of H-pyrrole nitrogens is 1. The lowest BCUT2D eigenvalue weighted by Gasteiger charge is -2.15. The second-order valence-electron chi connectivity index (χ2n) is 6.44. The molecule has 0 spiro atoms. The molecular formula is C18H16ClFN6O3S. The second-order valence-corrected chi connectivity index (χ2v) is 6.84. The maximum Gasteiger partial charge on any atom is 0.338 e. The zero-order chi connectivity index (χ0) is 20.9. The van der Waals surface area contributed by atoms with Crippen LogP contribution in [0.25, 0.3) is 17.0 Å². The molecule has 0 aliphatic heterocycles. The Balaban J connectivity index is 0.00000256. The minimum atomic E-state index is -1.14. The number of carboxylic acid groups (broad SMARTS) is 1. The Kier molecular flexibility index (Phi) is 5.68. The molecule has 0 radical (unpaired) electrons. The number of aryl methyl sites for hydroxylation is 1. The van der Waals surface area contributed by atoms with Gasteiger partial charge in [0.2, 0.25) is 5.95 Å². The number of aromatic amines is 1. The zero-order valence-corrected chi connectivity index (χ0v) is 17.5. The van der Waals surface area contributed by atoms with E-state index in [-0.39, 0.29) is 35.5 Å². The van der Waals surface area contributed by atoms with Crippen LogP contribution < -0.4 is 5.56 Å². The van der Waals surface area contributed by atoms with Crippen molar-refractivity contribution in [2.75, 3.05) is 0 Å². The van der Waals surface area contributed by atoms with Crippen LogP contribution >= 0.6 is 25.1 Å². The molecule has 0 bridgehead atoms.